The fourth-order valence-electron chi connectivity index (χ4n) is 7.10. The fourth-order valence-corrected chi connectivity index (χ4v) is 7.83. The summed E-state index contributed by atoms with van der Waals surface area (Å²) in [6, 6.07) is 14.4. The number of benzene rings is 2. The lowest BCUT2D eigenvalue weighted by atomic mass is 9.93. The molecule has 1 aromatic heterocycles. The molecule has 1 saturated heterocycles. The van der Waals surface area contributed by atoms with E-state index in [9.17, 15) is 24.0 Å². The molecule has 1 fully saturated rings. The first-order chi connectivity index (χ1) is 29.0. The standard InChI is InChI=1S/C19H17Cl2NO4.C14H20ClNO2.C11H13Cl2NO3/c1-2-26-19(25)16(21)10-11-9-12(7-8-15(11)20)22-17(23)13-5-3-4-6-14(13)18(22)24;1-4-11-7-6-8-12(5-2)14(11)16(10-18-3)13(17)9-15;1-11(2)14(10(15)9(12)13)6-8(17-11)7-4-3-5-16-7/h7-10H,2-6H2,1H3;6-8H,4-5,9-10H2,1-3H3;3-5,8-9H,6H2,1-2H3/b16-10-;;. The molecule has 3 aromatic rings. The molecule has 3 aliphatic rings. The number of hydrogen-bond donors (Lipinski definition) is 0. The molecule has 3 heterocycles. The number of ether oxygens (including phenoxy) is 3. The number of nitrogens with zero attached hydrogens (tertiary/aromatic N) is 3. The Morgan fingerprint density at radius 3 is 2.10 bits per heavy atom. The van der Waals surface area contributed by atoms with Crippen LogP contribution in [0.25, 0.3) is 6.08 Å². The predicted molar refractivity (Wildman–Crippen MR) is 239 cm³/mol. The van der Waals surface area contributed by atoms with Gasteiger partial charge < -0.3 is 23.5 Å². The van der Waals surface area contributed by atoms with Crippen molar-refractivity contribution in [3.63, 3.8) is 0 Å². The summed E-state index contributed by atoms with van der Waals surface area (Å²) >= 11 is 29.0. The molecule has 1 unspecified atom stereocenters. The van der Waals surface area contributed by atoms with Crippen LogP contribution in [0.15, 0.2) is 75.4 Å². The van der Waals surface area contributed by atoms with Gasteiger partial charge in [-0.1, -0.05) is 78.5 Å². The first-order valence-electron chi connectivity index (χ1n) is 19.8. The predicted octanol–water partition coefficient (Wildman–Crippen LogP) is 9.93. The number of para-hydroxylation sites is 1. The van der Waals surface area contributed by atoms with E-state index in [1.54, 1.807) is 63.3 Å². The lowest BCUT2D eigenvalue weighted by Gasteiger charge is -2.29. The third-order valence-corrected chi connectivity index (χ3v) is 11.2. The quantitative estimate of drug-likeness (QED) is 0.0572. The average Bonchev–Trinajstić information content (AvgIpc) is 3.97. The SMILES string of the molecule is CC1(C)OC(c2ccco2)CN1C(=O)C(Cl)Cl.CCOC(=O)/C(Cl)=C/c1cc(N2C(=O)C3=C(CCCC3)C2=O)ccc1Cl.CCc1cccc(CC)c1N(COC)C(=O)CCl. The van der Waals surface area contributed by atoms with Crippen molar-refractivity contribution < 1.29 is 42.6 Å². The summed E-state index contributed by atoms with van der Waals surface area (Å²) in [6.45, 7) is 10.2. The third kappa shape index (κ3) is 12.2. The smallest absolute Gasteiger partial charge is 0.349 e. The Hall–Kier alpha value is -3.88. The van der Waals surface area contributed by atoms with E-state index in [4.69, 9.17) is 76.6 Å². The normalized spacial score (nSPS) is 17.1. The van der Waals surface area contributed by atoms with Gasteiger partial charge >= 0.3 is 5.97 Å². The number of carbonyl (C=O) groups excluding carboxylic acids is 5. The number of methoxy groups -OCH3 is 1. The zero-order valence-corrected chi connectivity index (χ0v) is 38.7. The second-order valence-corrected chi connectivity index (χ2v) is 16.5. The minimum atomic E-state index is -1.08. The van der Waals surface area contributed by atoms with Crippen LogP contribution in [0.5, 0.6) is 0 Å². The molecule has 0 saturated carbocycles. The third-order valence-electron chi connectivity index (χ3n) is 10.0. The highest BCUT2D eigenvalue weighted by molar-refractivity contribution is 6.53. The van der Waals surface area contributed by atoms with Gasteiger partial charge in [-0.05, 0) is 112 Å². The Morgan fingerprint density at radius 2 is 1.59 bits per heavy atom. The minimum absolute atomic E-state index is 0.0371. The van der Waals surface area contributed by atoms with Gasteiger partial charge in [0.2, 0.25) is 5.91 Å². The maximum Gasteiger partial charge on any atom is 0.349 e. The Kier molecular flexibility index (Phi) is 18.8. The number of aryl methyl sites for hydroxylation is 2. The van der Waals surface area contributed by atoms with Crippen molar-refractivity contribution in [1.82, 2.24) is 4.90 Å². The number of halogens is 5. The second kappa shape index (κ2) is 23.0. The van der Waals surface area contributed by atoms with Crippen molar-refractivity contribution in [2.24, 2.45) is 0 Å². The number of imide groups is 1. The first kappa shape index (κ1) is 49.8. The van der Waals surface area contributed by atoms with Gasteiger partial charge in [-0.15, -0.1) is 11.6 Å². The van der Waals surface area contributed by atoms with Gasteiger partial charge in [0.1, 0.15) is 35.2 Å². The summed E-state index contributed by atoms with van der Waals surface area (Å²) in [5.41, 5.74) is 4.54. The molecule has 4 amide bonds. The minimum Gasteiger partial charge on any atom is -0.467 e. The van der Waals surface area contributed by atoms with Gasteiger partial charge in [-0.3, -0.25) is 24.1 Å². The van der Waals surface area contributed by atoms with Crippen molar-refractivity contribution in [2.75, 3.05) is 42.7 Å². The van der Waals surface area contributed by atoms with Gasteiger partial charge in [0.15, 0.2) is 4.84 Å². The zero-order chi connectivity index (χ0) is 45.0. The van der Waals surface area contributed by atoms with Crippen molar-refractivity contribution in [3.05, 3.63) is 98.4 Å². The number of rotatable bonds is 12. The monoisotopic (exact) mass is 939 g/mol. The molecule has 330 valence electrons. The van der Waals surface area contributed by atoms with Gasteiger partial charge in [0.05, 0.1) is 30.8 Å². The summed E-state index contributed by atoms with van der Waals surface area (Å²) in [5.74, 6) is -1.06. The Bertz CT molecular complexity index is 2070. The number of carbonyl (C=O) groups is 5. The van der Waals surface area contributed by atoms with Gasteiger partial charge in [0.25, 0.3) is 17.7 Å². The highest BCUT2D eigenvalue weighted by Crippen LogP contribution is 2.38. The molecule has 1 aliphatic carbocycles. The molecule has 1 atom stereocenters. The van der Waals surface area contributed by atoms with Crippen molar-refractivity contribution in [1.29, 1.82) is 0 Å². The van der Waals surface area contributed by atoms with Crippen LogP contribution in [0.4, 0.5) is 11.4 Å². The van der Waals surface area contributed by atoms with Crippen LogP contribution < -0.4 is 9.80 Å². The van der Waals surface area contributed by atoms with Gasteiger partial charge in [-0.2, -0.15) is 0 Å². The highest BCUT2D eigenvalue weighted by atomic mass is 35.5. The summed E-state index contributed by atoms with van der Waals surface area (Å²) in [5, 5.41) is 0.204. The first-order valence-corrected chi connectivity index (χ1v) is 21.9. The Balaban J connectivity index is 0.000000208. The average molecular weight is 942 g/mol. The van der Waals surface area contributed by atoms with Crippen LogP contribution >= 0.6 is 58.0 Å². The molecular formula is C44H50Cl5N3O9. The molecule has 2 aliphatic heterocycles. The van der Waals surface area contributed by atoms with Crippen LogP contribution in [-0.4, -0.2) is 77.9 Å². The van der Waals surface area contributed by atoms with Crippen LogP contribution in [0, 0.1) is 0 Å². The van der Waals surface area contributed by atoms with Crippen molar-refractivity contribution in [3.8, 4) is 0 Å². The van der Waals surface area contributed by atoms with E-state index in [2.05, 4.69) is 13.8 Å². The van der Waals surface area contributed by atoms with E-state index >= 15 is 0 Å². The number of anilines is 2. The van der Waals surface area contributed by atoms with E-state index < -0.39 is 16.5 Å². The molecule has 0 radical (unpaired) electrons. The maximum absolute atomic E-state index is 12.7. The zero-order valence-electron chi connectivity index (χ0n) is 34.9. The number of hydrogen-bond acceptors (Lipinski definition) is 9. The van der Waals surface area contributed by atoms with Crippen LogP contribution in [0.2, 0.25) is 5.02 Å². The lowest BCUT2D eigenvalue weighted by Crippen LogP contribution is -2.45. The molecular weight excluding hydrogens is 892 g/mol. The topological polar surface area (TPSA) is 136 Å². The van der Waals surface area contributed by atoms with E-state index in [1.165, 1.54) is 15.9 Å². The summed E-state index contributed by atoms with van der Waals surface area (Å²) in [6.07, 6.45) is 7.49. The molecule has 0 N–H and O–H groups in total. The number of furan rings is 1. The number of alkyl halides is 3. The highest BCUT2D eigenvalue weighted by Gasteiger charge is 2.45. The number of esters is 1. The van der Waals surface area contributed by atoms with E-state index in [0.717, 1.165) is 42.5 Å². The summed E-state index contributed by atoms with van der Waals surface area (Å²) < 4.78 is 21.0. The molecule has 61 heavy (non-hydrogen) atoms. The summed E-state index contributed by atoms with van der Waals surface area (Å²) in [7, 11) is 1.58. The molecule has 0 bridgehead atoms. The lowest BCUT2D eigenvalue weighted by molar-refractivity contribution is -0.144. The van der Waals surface area contributed by atoms with Crippen LogP contribution in [0.3, 0.4) is 0 Å². The van der Waals surface area contributed by atoms with Crippen LogP contribution in [0.1, 0.15) is 88.9 Å². The summed E-state index contributed by atoms with van der Waals surface area (Å²) in [4.78, 5) is 64.0. The maximum atomic E-state index is 12.7. The Labute approximate surface area is 381 Å². The molecule has 0 spiro atoms. The van der Waals surface area contributed by atoms with Crippen molar-refractivity contribution in [2.45, 2.75) is 89.8 Å². The molecule has 12 nitrogen and oxygen atoms in total. The van der Waals surface area contributed by atoms with Crippen molar-refractivity contribution >= 4 is 105 Å². The second-order valence-electron chi connectivity index (χ2n) is 14.4. The van der Waals surface area contributed by atoms with Gasteiger partial charge in [0, 0.05) is 23.3 Å². The van der Waals surface area contributed by atoms with E-state index in [1.807, 2.05) is 24.3 Å². The van der Waals surface area contributed by atoms with E-state index in [0.29, 0.717) is 52.6 Å². The van der Waals surface area contributed by atoms with Gasteiger partial charge in [-0.25, -0.2) is 9.69 Å². The van der Waals surface area contributed by atoms with E-state index in [-0.39, 0.29) is 54.0 Å². The molecule has 2 aromatic carbocycles. The number of amides is 4. The molecule has 6 rings (SSSR count). The van der Waals surface area contributed by atoms with Crippen LogP contribution in [-0.2, 0) is 51.0 Å². The molecule has 17 heteroatoms. The fraction of sp³-hybridized carbons (Fsp3) is 0.432. The largest absolute Gasteiger partial charge is 0.467 e. The Morgan fingerprint density at radius 1 is 0.967 bits per heavy atom.